The number of hydrogen-bond donors (Lipinski definition) is 1. The predicted molar refractivity (Wildman–Crippen MR) is 63.2 cm³/mol. The van der Waals surface area contributed by atoms with Gasteiger partial charge < -0.3 is 9.84 Å². The van der Waals surface area contributed by atoms with Crippen molar-refractivity contribution in [1.29, 1.82) is 0 Å². The highest BCUT2D eigenvalue weighted by Crippen LogP contribution is 2.32. The Labute approximate surface area is 101 Å². The maximum absolute atomic E-state index is 11.9. The van der Waals surface area contributed by atoms with Gasteiger partial charge in [0.2, 0.25) is 0 Å². The molecule has 1 aromatic carbocycles. The molecule has 0 unspecified atom stereocenters. The van der Waals surface area contributed by atoms with Gasteiger partial charge in [-0.2, -0.15) is 0 Å². The lowest BCUT2D eigenvalue weighted by Gasteiger charge is -2.26. The molecule has 1 heterocycles. The van der Waals surface area contributed by atoms with Crippen LogP contribution >= 0.6 is 0 Å². The largest absolute Gasteiger partial charge is 0.444 e. The number of fused-ring (bicyclic) bond motifs is 1. The van der Waals surface area contributed by atoms with Gasteiger partial charge in [0.1, 0.15) is 5.60 Å². The molecule has 0 saturated carbocycles. The Morgan fingerprint density at radius 3 is 2.65 bits per heavy atom. The van der Waals surface area contributed by atoms with Crippen molar-refractivity contribution in [3.8, 4) is 0 Å². The van der Waals surface area contributed by atoms with Gasteiger partial charge in [-0.25, -0.2) is 4.79 Å². The SMILES string of the molecule is CC(C)(C)OC(=O)N1Cc2ccccc2[C@H]1O. The number of aliphatic hydroxyl groups excluding tert-OH is 1. The van der Waals surface area contributed by atoms with Crippen molar-refractivity contribution in [2.75, 3.05) is 0 Å². The molecule has 1 amide bonds. The fourth-order valence-corrected chi connectivity index (χ4v) is 1.85. The Morgan fingerprint density at radius 2 is 2.06 bits per heavy atom. The van der Waals surface area contributed by atoms with Crippen molar-refractivity contribution < 1.29 is 14.6 Å². The first-order valence-electron chi connectivity index (χ1n) is 5.64. The number of aliphatic hydroxyl groups is 1. The second-order valence-electron chi connectivity index (χ2n) is 5.18. The predicted octanol–water partition coefficient (Wildman–Crippen LogP) is 2.43. The van der Waals surface area contributed by atoms with Gasteiger partial charge in [-0.1, -0.05) is 24.3 Å². The lowest BCUT2D eigenvalue weighted by atomic mass is 10.1. The normalized spacial score (nSPS) is 19.1. The Hall–Kier alpha value is -1.55. The van der Waals surface area contributed by atoms with E-state index in [2.05, 4.69) is 0 Å². The molecule has 1 atom stereocenters. The molecule has 4 nitrogen and oxygen atoms in total. The Bertz CT molecular complexity index is 437. The summed E-state index contributed by atoms with van der Waals surface area (Å²) < 4.78 is 5.25. The maximum atomic E-state index is 11.9. The maximum Gasteiger partial charge on any atom is 0.412 e. The first-order valence-corrected chi connectivity index (χ1v) is 5.64. The zero-order valence-corrected chi connectivity index (χ0v) is 10.3. The minimum atomic E-state index is -0.902. The lowest BCUT2D eigenvalue weighted by molar-refractivity contribution is -0.0257. The molecular formula is C13H17NO3. The average molecular weight is 235 g/mol. The van der Waals surface area contributed by atoms with Crippen LogP contribution < -0.4 is 0 Å². The van der Waals surface area contributed by atoms with E-state index >= 15 is 0 Å². The second kappa shape index (κ2) is 4.04. The van der Waals surface area contributed by atoms with E-state index in [9.17, 15) is 9.90 Å². The molecule has 0 bridgehead atoms. The highest BCUT2D eigenvalue weighted by atomic mass is 16.6. The van der Waals surface area contributed by atoms with Gasteiger partial charge in [-0.15, -0.1) is 0 Å². The third-order valence-electron chi connectivity index (χ3n) is 2.60. The molecular weight excluding hydrogens is 218 g/mol. The van der Waals surface area contributed by atoms with Crippen LogP contribution in [0.5, 0.6) is 0 Å². The second-order valence-corrected chi connectivity index (χ2v) is 5.18. The summed E-state index contributed by atoms with van der Waals surface area (Å²) in [6.45, 7) is 5.81. The van der Waals surface area contributed by atoms with Crippen LogP contribution in [-0.4, -0.2) is 21.7 Å². The van der Waals surface area contributed by atoms with Crippen LogP contribution in [0, 0.1) is 0 Å². The molecule has 0 radical (unpaired) electrons. The Kier molecular flexibility index (Phi) is 2.83. The van der Waals surface area contributed by atoms with Gasteiger partial charge >= 0.3 is 6.09 Å². The molecule has 0 aromatic heterocycles. The number of ether oxygens (including phenoxy) is 1. The van der Waals surface area contributed by atoms with E-state index in [1.54, 1.807) is 20.8 Å². The molecule has 1 aromatic rings. The van der Waals surface area contributed by atoms with Crippen LogP contribution in [-0.2, 0) is 11.3 Å². The van der Waals surface area contributed by atoms with Gasteiger partial charge in [0, 0.05) is 5.56 Å². The summed E-state index contributed by atoms with van der Waals surface area (Å²) in [5.74, 6) is 0. The summed E-state index contributed by atoms with van der Waals surface area (Å²) >= 11 is 0. The number of benzene rings is 1. The van der Waals surface area contributed by atoms with Gasteiger partial charge in [0.25, 0.3) is 0 Å². The molecule has 0 aliphatic carbocycles. The smallest absolute Gasteiger partial charge is 0.412 e. The van der Waals surface area contributed by atoms with Crippen LogP contribution in [0.25, 0.3) is 0 Å². The first kappa shape index (κ1) is 11.9. The zero-order chi connectivity index (χ0) is 12.6. The fourth-order valence-electron chi connectivity index (χ4n) is 1.85. The Morgan fingerprint density at radius 1 is 1.41 bits per heavy atom. The van der Waals surface area contributed by atoms with Crippen molar-refractivity contribution in [1.82, 2.24) is 4.90 Å². The molecule has 1 aliphatic heterocycles. The van der Waals surface area contributed by atoms with E-state index in [1.807, 2.05) is 24.3 Å². The highest BCUT2D eigenvalue weighted by Gasteiger charge is 2.34. The van der Waals surface area contributed by atoms with E-state index in [1.165, 1.54) is 4.90 Å². The van der Waals surface area contributed by atoms with Crippen molar-refractivity contribution >= 4 is 6.09 Å². The first-order chi connectivity index (χ1) is 7.88. The third-order valence-corrected chi connectivity index (χ3v) is 2.60. The molecule has 0 spiro atoms. The van der Waals surface area contributed by atoms with Gasteiger partial charge in [-0.05, 0) is 26.3 Å². The molecule has 17 heavy (non-hydrogen) atoms. The fraction of sp³-hybridized carbons (Fsp3) is 0.462. The van der Waals surface area contributed by atoms with Crippen molar-refractivity contribution in [2.45, 2.75) is 39.1 Å². The Balaban J connectivity index is 2.15. The molecule has 1 aliphatic rings. The summed E-state index contributed by atoms with van der Waals surface area (Å²) in [4.78, 5) is 13.2. The minimum Gasteiger partial charge on any atom is -0.444 e. The summed E-state index contributed by atoms with van der Waals surface area (Å²) in [6, 6.07) is 7.47. The summed E-state index contributed by atoms with van der Waals surface area (Å²) in [5.41, 5.74) is 1.19. The topological polar surface area (TPSA) is 49.8 Å². The third kappa shape index (κ3) is 2.42. The molecule has 2 rings (SSSR count). The minimum absolute atomic E-state index is 0.395. The number of rotatable bonds is 0. The average Bonchev–Trinajstić information content (AvgIpc) is 2.55. The van der Waals surface area contributed by atoms with E-state index in [4.69, 9.17) is 4.74 Å². The molecule has 92 valence electrons. The summed E-state index contributed by atoms with van der Waals surface area (Å²) in [7, 11) is 0. The van der Waals surface area contributed by atoms with Crippen LogP contribution in [0.4, 0.5) is 4.79 Å². The number of nitrogens with zero attached hydrogens (tertiary/aromatic N) is 1. The molecule has 4 heteroatoms. The van der Waals surface area contributed by atoms with E-state index in [0.29, 0.717) is 6.54 Å². The van der Waals surface area contributed by atoms with Crippen LogP contribution in [0.1, 0.15) is 38.1 Å². The number of amides is 1. The van der Waals surface area contributed by atoms with Crippen LogP contribution in [0.2, 0.25) is 0 Å². The van der Waals surface area contributed by atoms with Crippen molar-refractivity contribution in [3.05, 3.63) is 35.4 Å². The monoisotopic (exact) mass is 235 g/mol. The van der Waals surface area contributed by atoms with Gasteiger partial charge in [0.05, 0.1) is 6.54 Å². The summed E-state index contributed by atoms with van der Waals surface area (Å²) in [5, 5.41) is 10.0. The number of carbonyl (C=O) groups is 1. The van der Waals surface area contributed by atoms with E-state index in [-0.39, 0.29) is 0 Å². The van der Waals surface area contributed by atoms with E-state index < -0.39 is 17.9 Å². The molecule has 0 fully saturated rings. The quantitative estimate of drug-likeness (QED) is 0.751. The number of hydrogen-bond acceptors (Lipinski definition) is 3. The van der Waals surface area contributed by atoms with Gasteiger partial charge in [-0.3, -0.25) is 4.90 Å². The van der Waals surface area contributed by atoms with Crippen molar-refractivity contribution in [2.24, 2.45) is 0 Å². The number of carbonyl (C=O) groups excluding carboxylic acids is 1. The van der Waals surface area contributed by atoms with E-state index in [0.717, 1.165) is 11.1 Å². The lowest BCUT2D eigenvalue weighted by Crippen LogP contribution is -2.35. The zero-order valence-electron chi connectivity index (χ0n) is 10.3. The molecule has 1 N–H and O–H groups in total. The highest BCUT2D eigenvalue weighted by molar-refractivity contribution is 5.70. The molecule has 0 saturated heterocycles. The van der Waals surface area contributed by atoms with Gasteiger partial charge in [0.15, 0.2) is 6.23 Å². The standard InChI is InChI=1S/C13H17NO3/c1-13(2,3)17-12(16)14-8-9-6-4-5-7-10(9)11(14)15/h4-7,11,15H,8H2,1-3H3/t11-/m1/s1. The van der Waals surface area contributed by atoms with Crippen molar-refractivity contribution in [3.63, 3.8) is 0 Å². The summed E-state index contributed by atoms with van der Waals surface area (Å²) in [6.07, 6.45) is -1.39. The van der Waals surface area contributed by atoms with Crippen LogP contribution in [0.15, 0.2) is 24.3 Å². The van der Waals surface area contributed by atoms with Crippen LogP contribution in [0.3, 0.4) is 0 Å².